The van der Waals surface area contributed by atoms with Gasteiger partial charge in [0.2, 0.25) is 0 Å². The van der Waals surface area contributed by atoms with Crippen LogP contribution in [0.25, 0.3) is 0 Å². The Morgan fingerprint density at radius 1 is 1.17 bits per heavy atom. The number of benzene rings is 1. The van der Waals surface area contributed by atoms with Crippen molar-refractivity contribution in [3.63, 3.8) is 0 Å². The summed E-state index contributed by atoms with van der Waals surface area (Å²) >= 11 is 0. The second-order valence-corrected chi connectivity index (χ2v) is 5.31. The van der Waals surface area contributed by atoms with Crippen LogP contribution in [0, 0.1) is 18.7 Å². The molecule has 0 radical (unpaired) electrons. The van der Waals surface area contributed by atoms with Crippen LogP contribution in [-0.2, 0) is 14.3 Å². The van der Waals surface area contributed by atoms with Gasteiger partial charge >= 0.3 is 5.97 Å². The van der Waals surface area contributed by atoms with Crippen LogP contribution in [0.4, 0.5) is 4.39 Å². The van der Waals surface area contributed by atoms with Gasteiger partial charge in [-0.15, -0.1) is 0 Å². The Morgan fingerprint density at radius 3 is 2.30 bits per heavy atom. The molecule has 0 aromatic heterocycles. The number of ketones is 2. The number of carbonyl (C=O) groups excluding carboxylic acids is 3. The molecule has 0 unspecified atom stereocenters. The zero-order chi connectivity index (χ0) is 17.6. The third-order valence-corrected chi connectivity index (χ3v) is 3.63. The topological polar surface area (TPSA) is 69.7 Å². The smallest absolute Gasteiger partial charge is 0.338 e. The third-order valence-electron chi connectivity index (χ3n) is 3.63. The average Bonchev–Trinajstić information content (AvgIpc) is 2.48. The highest BCUT2D eigenvalue weighted by Gasteiger charge is 2.20. The quantitative estimate of drug-likeness (QED) is 0.418. The van der Waals surface area contributed by atoms with E-state index in [-0.39, 0.29) is 29.5 Å². The van der Waals surface area contributed by atoms with Crippen molar-refractivity contribution in [3.05, 3.63) is 29.1 Å². The molecule has 0 bridgehead atoms. The van der Waals surface area contributed by atoms with Crippen LogP contribution < -0.4 is 4.74 Å². The Kier molecular flexibility index (Phi) is 6.88. The van der Waals surface area contributed by atoms with Crippen molar-refractivity contribution in [2.45, 2.75) is 33.6 Å². The molecule has 1 rings (SSSR count). The number of methoxy groups -OCH3 is 1. The number of Topliss-reactive ketones (excluding diaryl/α,β-unsaturated/α-hetero) is 2. The van der Waals surface area contributed by atoms with Crippen LogP contribution in [-0.4, -0.2) is 31.3 Å². The van der Waals surface area contributed by atoms with E-state index in [1.54, 1.807) is 6.92 Å². The molecule has 0 N–H and O–H groups in total. The molecule has 1 aromatic carbocycles. The minimum Gasteiger partial charge on any atom is -0.490 e. The van der Waals surface area contributed by atoms with Crippen molar-refractivity contribution in [1.82, 2.24) is 0 Å². The van der Waals surface area contributed by atoms with Crippen molar-refractivity contribution in [1.29, 1.82) is 0 Å². The fourth-order valence-electron chi connectivity index (χ4n) is 2.32. The van der Waals surface area contributed by atoms with Gasteiger partial charge in [0, 0.05) is 5.56 Å². The number of hydrogen-bond acceptors (Lipinski definition) is 5. The Balaban J connectivity index is 2.73. The molecule has 5 nitrogen and oxygen atoms in total. The summed E-state index contributed by atoms with van der Waals surface area (Å²) in [6.07, 6.45) is 0.771. The fourth-order valence-corrected chi connectivity index (χ4v) is 2.32. The number of rotatable bonds is 8. The van der Waals surface area contributed by atoms with Crippen LogP contribution in [0.3, 0.4) is 0 Å². The first-order valence-corrected chi connectivity index (χ1v) is 7.30. The summed E-state index contributed by atoms with van der Waals surface area (Å²) in [6, 6.07) is 2.48. The molecule has 0 saturated carbocycles. The van der Waals surface area contributed by atoms with Gasteiger partial charge in [0.1, 0.15) is 11.6 Å². The van der Waals surface area contributed by atoms with E-state index in [0.717, 1.165) is 6.07 Å². The van der Waals surface area contributed by atoms with E-state index in [9.17, 15) is 18.8 Å². The van der Waals surface area contributed by atoms with E-state index < -0.39 is 17.7 Å². The van der Waals surface area contributed by atoms with Crippen molar-refractivity contribution in [2.75, 3.05) is 13.7 Å². The predicted octanol–water partition coefficient (Wildman–Crippen LogP) is 2.87. The molecular formula is C17H21FO5. The highest BCUT2D eigenvalue weighted by atomic mass is 19.1. The molecule has 0 aliphatic heterocycles. The van der Waals surface area contributed by atoms with E-state index in [2.05, 4.69) is 4.74 Å². The zero-order valence-electron chi connectivity index (χ0n) is 13.8. The molecule has 0 aliphatic carbocycles. The standard InChI is InChI=1S/C17H21FO5/c1-10-13(17(21)22-4)7-8-15(18)16(10)23-9-5-6-14(11(2)19)12(3)20/h7-8,14H,5-6,9H2,1-4H3. The lowest BCUT2D eigenvalue weighted by Crippen LogP contribution is -2.20. The maximum absolute atomic E-state index is 13.9. The number of ether oxygens (including phenoxy) is 2. The molecule has 6 heteroatoms. The Bertz CT molecular complexity index is 595. The minimum atomic E-state index is -0.647. The first-order chi connectivity index (χ1) is 10.8. The molecule has 1 aromatic rings. The highest BCUT2D eigenvalue weighted by molar-refractivity contribution is 6.00. The molecule has 23 heavy (non-hydrogen) atoms. The summed E-state index contributed by atoms with van der Waals surface area (Å²) in [4.78, 5) is 34.3. The summed E-state index contributed by atoms with van der Waals surface area (Å²) in [5.41, 5.74) is 0.584. The van der Waals surface area contributed by atoms with Gasteiger partial charge in [0.25, 0.3) is 0 Å². The van der Waals surface area contributed by atoms with Gasteiger partial charge in [-0.1, -0.05) is 0 Å². The number of carbonyl (C=O) groups is 3. The molecule has 0 fully saturated rings. The van der Waals surface area contributed by atoms with Crippen molar-refractivity contribution < 1.29 is 28.2 Å². The van der Waals surface area contributed by atoms with Crippen LogP contribution >= 0.6 is 0 Å². The third kappa shape index (κ3) is 4.87. The van der Waals surface area contributed by atoms with E-state index in [0.29, 0.717) is 18.4 Å². The molecular weight excluding hydrogens is 303 g/mol. The average molecular weight is 324 g/mol. The number of halogens is 1. The van der Waals surface area contributed by atoms with Gasteiger partial charge in [-0.05, 0) is 45.7 Å². The van der Waals surface area contributed by atoms with Crippen molar-refractivity contribution in [2.24, 2.45) is 5.92 Å². The summed E-state index contributed by atoms with van der Waals surface area (Å²) in [5, 5.41) is 0. The largest absolute Gasteiger partial charge is 0.490 e. The van der Waals surface area contributed by atoms with Crippen molar-refractivity contribution in [3.8, 4) is 5.75 Å². The number of hydrogen-bond donors (Lipinski definition) is 0. The van der Waals surface area contributed by atoms with Gasteiger partial charge in [-0.25, -0.2) is 9.18 Å². The summed E-state index contributed by atoms with van der Waals surface area (Å²) in [7, 11) is 1.25. The molecule has 0 heterocycles. The lowest BCUT2D eigenvalue weighted by molar-refractivity contribution is -0.130. The Labute approximate surface area is 134 Å². The van der Waals surface area contributed by atoms with Crippen LogP contribution in [0.15, 0.2) is 12.1 Å². The normalized spacial score (nSPS) is 10.5. The second-order valence-electron chi connectivity index (χ2n) is 5.31. The summed E-state index contributed by atoms with van der Waals surface area (Å²) in [6.45, 7) is 4.45. The zero-order valence-corrected chi connectivity index (χ0v) is 13.8. The van der Waals surface area contributed by atoms with E-state index in [4.69, 9.17) is 4.74 Å². The maximum atomic E-state index is 13.9. The maximum Gasteiger partial charge on any atom is 0.338 e. The fraction of sp³-hybridized carbons (Fsp3) is 0.471. The first-order valence-electron chi connectivity index (χ1n) is 7.30. The summed E-state index contributed by atoms with van der Waals surface area (Å²) in [5.74, 6) is -2.19. The van der Waals surface area contributed by atoms with Crippen LogP contribution in [0.2, 0.25) is 0 Å². The van der Waals surface area contributed by atoms with Gasteiger partial charge in [-0.3, -0.25) is 9.59 Å². The van der Waals surface area contributed by atoms with Gasteiger partial charge in [-0.2, -0.15) is 0 Å². The molecule has 0 aliphatic rings. The monoisotopic (exact) mass is 324 g/mol. The Morgan fingerprint density at radius 2 is 1.78 bits per heavy atom. The molecule has 0 spiro atoms. The lowest BCUT2D eigenvalue weighted by Gasteiger charge is -2.14. The number of esters is 1. The van der Waals surface area contributed by atoms with Crippen LogP contribution in [0.5, 0.6) is 5.75 Å². The van der Waals surface area contributed by atoms with E-state index in [1.807, 2.05) is 0 Å². The molecule has 0 amide bonds. The minimum absolute atomic E-state index is 0.0184. The van der Waals surface area contributed by atoms with Gasteiger partial charge < -0.3 is 9.47 Å². The van der Waals surface area contributed by atoms with E-state index in [1.165, 1.54) is 27.0 Å². The second kappa shape index (κ2) is 8.41. The van der Waals surface area contributed by atoms with E-state index >= 15 is 0 Å². The Hall–Kier alpha value is -2.24. The van der Waals surface area contributed by atoms with Crippen molar-refractivity contribution >= 4 is 17.5 Å². The lowest BCUT2D eigenvalue weighted by atomic mass is 9.95. The first kappa shape index (κ1) is 18.8. The van der Waals surface area contributed by atoms with Gasteiger partial charge in [0.05, 0.1) is 25.2 Å². The predicted molar refractivity (Wildman–Crippen MR) is 82.1 cm³/mol. The highest BCUT2D eigenvalue weighted by Crippen LogP contribution is 2.26. The molecule has 0 atom stereocenters. The molecule has 126 valence electrons. The summed E-state index contributed by atoms with van der Waals surface area (Å²) < 4.78 is 23.9. The van der Waals surface area contributed by atoms with Gasteiger partial charge in [0.15, 0.2) is 11.6 Å². The SMILES string of the molecule is COC(=O)c1ccc(F)c(OCCCC(C(C)=O)C(C)=O)c1C. The molecule has 0 saturated heterocycles. The van der Waals surface area contributed by atoms with Crippen LogP contribution in [0.1, 0.15) is 42.6 Å².